The molecule has 8 heteroatoms. The minimum Gasteiger partial charge on any atom is -0.393 e. The molecule has 1 heterocycles. The SMILES string of the molecule is CC(F)(CCC(CC(O)[CH]Cc1ccccn1)C(=O)NO)C(N)=O. The third-order valence-electron chi connectivity index (χ3n) is 3.81. The van der Waals surface area contributed by atoms with Crippen LogP contribution >= 0.6 is 0 Å². The van der Waals surface area contributed by atoms with Crippen LogP contribution in [-0.4, -0.2) is 38.9 Å². The number of nitrogens with one attached hydrogen (secondary N) is 1. The standard InChI is InChI=1S/C16H23FN3O4/c1-16(17,15(18)23)8-7-11(14(22)20-24)10-13(21)6-5-12-4-2-3-9-19-12/h2-4,6,9,11,13,21,24H,5,7-8,10H2,1H3,(H2,18,23)(H,20,22). The molecule has 0 aliphatic heterocycles. The molecule has 24 heavy (non-hydrogen) atoms. The lowest BCUT2D eigenvalue weighted by molar-refractivity contribution is -0.136. The number of amides is 2. The molecule has 0 saturated carbocycles. The lowest BCUT2D eigenvalue weighted by atomic mass is 9.89. The molecule has 2 amide bonds. The van der Waals surface area contributed by atoms with Crippen molar-refractivity contribution in [3.05, 3.63) is 36.5 Å². The average molecular weight is 340 g/mol. The quantitative estimate of drug-likeness (QED) is 0.368. The van der Waals surface area contributed by atoms with Crippen LogP contribution in [0, 0.1) is 12.3 Å². The predicted octanol–water partition coefficient (Wildman–Crippen LogP) is 0.695. The van der Waals surface area contributed by atoms with Gasteiger partial charge in [0, 0.05) is 17.8 Å². The molecule has 1 radical (unpaired) electrons. The summed E-state index contributed by atoms with van der Waals surface area (Å²) in [7, 11) is 0. The van der Waals surface area contributed by atoms with Gasteiger partial charge < -0.3 is 10.8 Å². The van der Waals surface area contributed by atoms with Crippen molar-refractivity contribution < 1.29 is 24.3 Å². The van der Waals surface area contributed by atoms with E-state index in [-0.39, 0.29) is 19.3 Å². The molecule has 3 unspecified atom stereocenters. The molecule has 3 atom stereocenters. The topological polar surface area (TPSA) is 126 Å². The largest absolute Gasteiger partial charge is 0.393 e. The molecule has 1 aromatic heterocycles. The third kappa shape index (κ3) is 6.59. The van der Waals surface area contributed by atoms with Crippen molar-refractivity contribution in [1.29, 1.82) is 0 Å². The Morgan fingerprint density at radius 1 is 1.50 bits per heavy atom. The third-order valence-corrected chi connectivity index (χ3v) is 3.81. The molecule has 0 aliphatic rings. The van der Waals surface area contributed by atoms with E-state index >= 15 is 0 Å². The number of pyridine rings is 1. The minimum absolute atomic E-state index is 0.0198. The van der Waals surface area contributed by atoms with E-state index in [1.54, 1.807) is 24.8 Å². The monoisotopic (exact) mass is 340 g/mol. The summed E-state index contributed by atoms with van der Waals surface area (Å²) < 4.78 is 13.9. The van der Waals surface area contributed by atoms with Crippen LogP contribution in [-0.2, 0) is 16.0 Å². The Morgan fingerprint density at radius 3 is 2.75 bits per heavy atom. The average Bonchev–Trinajstić information content (AvgIpc) is 2.56. The molecule has 0 bridgehead atoms. The molecule has 0 fully saturated rings. The van der Waals surface area contributed by atoms with Gasteiger partial charge in [0.1, 0.15) is 0 Å². The zero-order valence-corrected chi connectivity index (χ0v) is 13.5. The number of hydrogen-bond acceptors (Lipinski definition) is 5. The van der Waals surface area contributed by atoms with Gasteiger partial charge in [-0.2, -0.15) is 0 Å². The molecule has 0 aromatic carbocycles. The van der Waals surface area contributed by atoms with Gasteiger partial charge in [-0.15, -0.1) is 0 Å². The first-order chi connectivity index (χ1) is 11.3. The van der Waals surface area contributed by atoms with E-state index in [0.717, 1.165) is 12.6 Å². The van der Waals surface area contributed by atoms with Gasteiger partial charge >= 0.3 is 0 Å². The van der Waals surface area contributed by atoms with Crippen LogP contribution in [0.5, 0.6) is 0 Å². The smallest absolute Gasteiger partial charge is 0.254 e. The molecule has 7 nitrogen and oxygen atoms in total. The molecule has 0 saturated heterocycles. The van der Waals surface area contributed by atoms with Crippen molar-refractivity contribution in [2.24, 2.45) is 11.7 Å². The van der Waals surface area contributed by atoms with Crippen molar-refractivity contribution in [3.63, 3.8) is 0 Å². The van der Waals surface area contributed by atoms with Crippen LogP contribution in [0.15, 0.2) is 24.4 Å². The zero-order chi connectivity index (χ0) is 18.2. The van der Waals surface area contributed by atoms with Gasteiger partial charge in [0.05, 0.1) is 6.10 Å². The molecule has 1 aromatic rings. The summed E-state index contributed by atoms with van der Waals surface area (Å²) in [5, 5.41) is 18.8. The summed E-state index contributed by atoms with van der Waals surface area (Å²) in [5.74, 6) is -2.73. The van der Waals surface area contributed by atoms with Crippen molar-refractivity contribution in [2.75, 3.05) is 0 Å². The van der Waals surface area contributed by atoms with Crippen molar-refractivity contribution in [1.82, 2.24) is 10.5 Å². The number of primary amides is 1. The highest BCUT2D eigenvalue weighted by Gasteiger charge is 2.33. The van der Waals surface area contributed by atoms with Crippen LogP contribution in [0.25, 0.3) is 0 Å². The Balaban J connectivity index is 2.55. The van der Waals surface area contributed by atoms with Gasteiger partial charge in [0.2, 0.25) is 5.91 Å². The Morgan fingerprint density at radius 2 is 2.21 bits per heavy atom. The van der Waals surface area contributed by atoms with Crippen LogP contribution < -0.4 is 11.2 Å². The first-order valence-electron chi connectivity index (χ1n) is 7.60. The van der Waals surface area contributed by atoms with Gasteiger partial charge in [-0.05, 0) is 51.2 Å². The summed E-state index contributed by atoms with van der Waals surface area (Å²) >= 11 is 0. The summed E-state index contributed by atoms with van der Waals surface area (Å²) in [6, 6.07) is 5.38. The fourth-order valence-corrected chi connectivity index (χ4v) is 2.18. The van der Waals surface area contributed by atoms with Crippen molar-refractivity contribution in [3.8, 4) is 0 Å². The second kappa shape index (κ2) is 9.29. The molecular weight excluding hydrogens is 317 g/mol. The second-order valence-electron chi connectivity index (χ2n) is 5.84. The number of hydroxylamine groups is 1. The maximum atomic E-state index is 13.9. The minimum atomic E-state index is -2.25. The van der Waals surface area contributed by atoms with Gasteiger partial charge in [0.15, 0.2) is 5.67 Å². The number of hydrogen-bond donors (Lipinski definition) is 4. The highest BCUT2D eigenvalue weighted by atomic mass is 19.1. The normalized spacial score (nSPS) is 16.0. The van der Waals surface area contributed by atoms with Crippen LogP contribution in [0.1, 0.15) is 31.9 Å². The number of rotatable bonds is 10. The number of halogens is 1. The van der Waals surface area contributed by atoms with E-state index in [9.17, 15) is 19.1 Å². The molecular formula is C16H23FN3O4. The predicted molar refractivity (Wildman–Crippen MR) is 84.2 cm³/mol. The van der Waals surface area contributed by atoms with E-state index in [1.165, 1.54) is 5.48 Å². The van der Waals surface area contributed by atoms with E-state index < -0.39 is 29.5 Å². The fraction of sp³-hybridized carbons (Fsp3) is 0.500. The van der Waals surface area contributed by atoms with Gasteiger partial charge in [-0.3, -0.25) is 19.8 Å². The van der Waals surface area contributed by atoms with Crippen molar-refractivity contribution in [2.45, 2.75) is 44.4 Å². The van der Waals surface area contributed by atoms with Crippen molar-refractivity contribution >= 4 is 11.8 Å². The van der Waals surface area contributed by atoms with E-state index in [2.05, 4.69) is 4.98 Å². The van der Waals surface area contributed by atoms with E-state index in [1.807, 2.05) is 6.07 Å². The number of carbonyl (C=O) groups excluding carboxylic acids is 2. The number of aliphatic hydroxyl groups excluding tert-OH is 1. The second-order valence-corrected chi connectivity index (χ2v) is 5.84. The summed E-state index contributed by atoms with van der Waals surface area (Å²) in [6.07, 6.45) is 2.30. The number of alkyl halides is 1. The maximum absolute atomic E-state index is 13.9. The molecule has 133 valence electrons. The number of nitrogens with zero attached hydrogens (tertiary/aromatic N) is 1. The Kier molecular flexibility index (Phi) is 7.73. The first kappa shape index (κ1) is 20.0. The zero-order valence-electron chi connectivity index (χ0n) is 13.5. The summed E-state index contributed by atoms with van der Waals surface area (Å²) in [6.45, 7) is 1.03. The number of nitrogens with two attached hydrogens (primary N) is 1. The van der Waals surface area contributed by atoms with Gasteiger partial charge in [-0.1, -0.05) is 6.07 Å². The maximum Gasteiger partial charge on any atom is 0.254 e. The lowest BCUT2D eigenvalue weighted by Crippen LogP contribution is -2.38. The van der Waals surface area contributed by atoms with Crippen LogP contribution in [0.4, 0.5) is 4.39 Å². The molecule has 1 rings (SSSR count). The Labute approximate surface area is 140 Å². The number of aromatic nitrogens is 1. The number of aliphatic hydroxyl groups is 1. The fourth-order valence-electron chi connectivity index (χ4n) is 2.18. The molecule has 0 spiro atoms. The summed E-state index contributed by atoms with van der Waals surface area (Å²) in [5.41, 5.74) is 4.95. The van der Waals surface area contributed by atoms with E-state index in [0.29, 0.717) is 6.42 Å². The number of carbonyl (C=O) groups is 2. The Bertz CT molecular complexity index is 539. The van der Waals surface area contributed by atoms with E-state index in [4.69, 9.17) is 10.9 Å². The first-order valence-corrected chi connectivity index (χ1v) is 7.60. The molecule has 5 N–H and O–H groups in total. The molecule has 0 aliphatic carbocycles. The van der Waals surface area contributed by atoms with Crippen LogP contribution in [0.3, 0.4) is 0 Å². The Hall–Kier alpha value is -2.06. The highest BCUT2D eigenvalue weighted by Crippen LogP contribution is 2.24. The summed E-state index contributed by atoms with van der Waals surface area (Å²) in [4.78, 5) is 26.8. The lowest BCUT2D eigenvalue weighted by Gasteiger charge is -2.22. The van der Waals surface area contributed by atoms with Gasteiger partial charge in [-0.25, -0.2) is 9.87 Å². The van der Waals surface area contributed by atoms with Gasteiger partial charge in [0.25, 0.3) is 5.91 Å². The van der Waals surface area contributed by atoms with Crippen LogP contribution in [0.2, 0.25) is 0 Å². The highest BCUT2D eigenvalue weighted by molar-refractivity contribution is 5.83.